The molecule has 2 N–H and O–H groups in total. The summed E-state index contributed by atoms with van der Waals surface area (Å²) < 4.78 is 14.7. The van der Waals surface area contributed by atoms with Crippen LogP contribution in [0.1, 0.15) is 26.7 Å². The molecule has 1 unspecified atom stereocenters. The third-order valence-electron chi connectivity index (χ3n) is 3.30. The van der Waals surface area contributed by atoms with Crippen molar-refractivity contribution in [2.24, 2.45) is 0 Å². The average Bonchev–Trinajstić information content (AvgIpc) is 2.89. The van der Waals surface area contributed by atoms with Crippen molar-refractivity contribution in [3.8, 4) is 0 Å². The van der Waals surface area contributed by atoms with E-state index in [0.717, 1.165) is 12.8 Å². The van der Waals surface area contributed by atoms with Gasteiger partial charge in [-0.1, -0.05) is 36.7 Å². The van der Waals surface area contributed by atoms with E-state index in [1.54, 1.807) is 6.92 Å². The third-order valence-corrected chi connectivity index (χ3v) is 4.68. The first-order chi connectivity index (χ1) is 11.4. The summed E-state index contributed by atoms with van der Waals surface area (Å²) in [6.45, 7) is 4.28. The van der Waals surface area contributed by atoms with E-state index >= 15 is 0 Å². The second kappa shape index (κ2) is 8.34. The predicted molar refractivity (Wildman–Crippen MR) is 93.1 cm³/mol. The number of aromatic nitrogens is 3. The summed E-state index contributed by atoms with van der Waals surface area (Å²) in [6.07, 6.45) is 1.80. The van der Waals surface area contributed by atoms with Gasteiger partial charge in [-0.2, -0.15) is 0 Å². The summed E-state index contributed by atoms with van der Waals surface area (Å²) in [5, 5.41) is 8.93. The van der Waals surface area contributed by atoms with Crippen LogP contribution in [0.25, 0.3) is 0 Å². The molecule has 1 amide bonds. The number of nitrogens with one attached hydrogen (secondary N) is 2. The van der Waals surface area contributed by atoms with Gasteiger partial charge in [0.1, 0.15) is 5.82 Å². The molecule has 0 aliphatic carbocycles. The molecule has 2 aromatic rings. The molecule has 0 saturated heterocycles. The van der Waals surface area contributed by atoms with Gasteiger partial charge in [-0.25, -0.2) is 14.3 Å². The van der Waals surface area contributed by atoms with Crippen LogP contribution in [0, 0.1) is 5.82 Å². The Morgan fingerprint density at radius 1 is 1.54 bits per heavy atom. The lowest BCUT2D eigenvalue weighted by Gasteiger charge is -2.12. The number of nitrogens with zero attached hydrogens (tertiary/aromatic N) is 2. The molecule has 1 atom stereocenters. The Morgan fingerprint density at radius 2 is 2.29 bits per heavy atom. The van der Waals surface area contributed by atoms with Crippen LogP contribution in [0.4, 0.5) is 10.1 Å². The van der Waals surface area contributed by atoms with Gasteiger partial charge in [0.05, 0.1) is 10.3 Å². The quantitative estimate of drug-likeness (QED) is 0.731. The van der Waals surface area contributed by atoms with E-state index in [2.05, 4.69) is 15.5 Å². The van der Waals surface area contributed by atoms with Crippen LogP contribution in [0.3, 0.4) is 0 Å². The minimum atomic E-state index is -0.548. The van der Waals surface area contributed by atoms with Gasteiger partial charge < -0.3 is 5.32 Å². The van der Waals surface area contributed by atoms with E-state index < -0.39 is 11.1 Å². The molecular formula is C15H18ClFN4O2S. The second-order valence-corrected chi connectivity index (χ2v) is 6.91. The molecule has 2 rings (SSSR count). The van der Waals surface area contributed by atoms with Crippen molar-refractivity contribution in [2.75, 3.05) is 5.32 Å². The van der Waals surface area contributed by atoms with Crippen LogP contribution < -0.4 is 11.0 Å². The summed E-state index contributed by atoms with van der Waals surface area (Å²) in [5.41, 5.74) is 0.119. The fraction of sp³-hybridized carbons (Fsp3) is 0.400. The number of unbranched alkanes of at least 4 members (excludes halogenated alkanes) is 1. The lowest BCUT2D eigenvalue weighted by Crippen LogP contribution is -2.24. The number of H-pyrrole nitrogens is 1. The lowest BCUT2D eigenvalue weighted by molar-refractivity contribution is -0.115. The Morgan fingerprint density at radius 3 is 2.96 bits per heavy atom. The SMILES string of the molecule is CCCCn1c(SC(C)C(=O)Nc2ccc(F)c(Cl)c2)n[nH]c1=O. The standard InChI is InChI=1S/C15H18ClFN4O2S/c1-3-4-7-21-14(23)19-20-15(21)24-9(2)13(22)18-10-5-6-12(17)11(16)8-10/h5-6,8-9H,3-4,7H2,1-2H3,(H,18,22)(H,19,23). The zero-order valence-electron chi connectivity index (χ0n) is 13.3. The maximum absolute atomic E-state index is 13.1. The number of amides is 1. The number of hydrogen-bond donors (Lipinski definition) is 2. The number of thioether (sulfide) groups is 1. The third kappa shape index (κ3) is 4.61. The van der Waals surface area contributed by atoms with Crippen molar-refractivity contribution in [1.82, 2.24) is 14.8 Å². The highest BCUT2D eigenvalue weighted by molar-refractivity contribution is 8.00. The number of carbonyl (C=O) groups excluding carboxylic acids is 1. The number of anilines is 1. The molecule has 0 spiro atoms. The highest BCUT2D eigenvalue weighted by atomic mass is 35.5. The van der Waals surface area contributed by atoms with Crippen molar-refractivity contribution < 1.29 is 9.18 Å². The van der Waals surface area contributed by atoms with Gasteiger partial charge in [0.15, 0.2) is 5.16 Å². The molecule has 0 bridgehead atoms. The van der Waals surface area contributed by atoms with Crippen molar-refractivity contribution >= 4 is 35.0 Å². The molecule has 0 radical (unpaired) electrons. The average molecular weight is 373 g/mol. The maximum atomic E-state index is 13.1. The Bertz CT molecular complexity index is 777. The molecule has 24 heavy (non-hydrogen) atoms. The topological polar surface area (TPSA) is 79.8 Å². The van der Waals surface area contributed by atoms with Crippen LogP contribution in [0.5, 0.6) is 0 Å². The zero-order valence-corrected chi connectivity index (χ0v) is 14.9. The number of benzene rings is 1. The highest BCUT2D eigenvalue weighted by Crippen LogP contribution is 2.23. The van der Waals surface area contributed by atoms with Crippen LogP contribution in [0.2, 0.25) is 5.02 Å². The minimum absolute atomic E-state index is 0.0613. The van der Waals surface area contributed by atoms with Crippen molar-refractivity contribution in [3.63, 3.8) is 0 Å². The molecule has 0 saturated carbocycles. The van der Waals surface area contributed by atoms with E-state index in [-0.39, 0.29) is 16.6 Å². The van der Waals surface area contributed by atoms with Gasteiger partial charge in [0.25, 0.3) is 0 Å². The van der Waals surface area contributed by atoms with Gasteiger partial charge in [0, 0.05) is 12.2 Å². The van der Waals surface area contributed by atoms with E-state index in [0.29, 0.717) is 17.4 Å². The normalized spacial score (nSPS) is 12.2. The second-order valence-electron chi connectivity index (χ2n) is 5.19. The Balaban J connectivity index is 2.03. The summed E-state index contributed by atoms with van der Waals surface area (Å²) in [5.74, 6) is -0.839. The highest BCUT2D eigenvalue weighted by Gasteiger charge is 2.19. The van der Waals surface area contributed by atoms with E-state index in [1.165, 1.54) is 34.5 Å². The van der Waals surface area contributed by atoms with E-state index in [9.17, 15) is 14.0 Å². The van der Waals surface area contributed by atoms with Crippen LogP contribution in [0.15, 0.2) is 28.2 Å². The minimum Gasteiger partial charge on any atom is -0.325 e. The van der Waals surface area contributed by atoms with Crippen LogP contribution >= 0.6 is 23.4 Å². The fourth-order valence-corrected chi connectivity index (χ4v) is 3.00. The van der Waals surface area contributed by atoms with Gasteiger partial charge in [-0.15, -0.1) is 5.10 Å². The first kappa shape index (κ1) is 18.5. The monoisotopic (exact) mass is 372 g/mol. The molecule has 9 heteroatoms. The van der Waals surface area contributed by atoms with Gasteiger partial charge in [-0.05, 0) is 31.5 Å². The molecule has 0 aliphatic rings. The number of carbonyl (C=O) groups is 1. The predicted octanol–water partition coefficient (Wildman–Crippen LogP) is 3.28. The Kier molecular flexibility index (Phi) is 6.44. The molecule has 1 aromatic heterocycles. The molecule has 0 aliphatic heterocycles. The number of hydrogen-bond acceptors (Lipinski definition) is 4. The molecule has 1 aromatic carbocycles. The van der Waals surface area contributed by atoms with Crippen LogP contribution in [-0.2, 0) is 11.3 Å². The first-order valence-corrected chi connectivity index (χ1v) is 8.76. The van der Waals surface area contributed by atoms with E-state index in [1.807, 2.05) is 6.92 Å². The maximum Gasteiger partial charge on any atom is 0.343 e. The molecule has 0 fully saturated rings. The number of halogens is 2. The van der Waals surface area contributed by atoms with Crippen molar-refractivity contribution in [2.45, 2.75) is 43.6 Å². The first-order valence-electron chi connectivity index (χ1n) is 7.50. The number of aromatic amines is 1. The molecular weight excluding hydrogens is 355 g/mol. The Labute approximate surface area is 147 Å². The molecule has 1 heterocycles. The van der Waals surface area contributed by atoms with Gasteiger partial charge in [-0.3, -0.25) is 9.36 Å². The van der Waals surface area contributed by atoms with Gasteiger partial charge >= 0.3 is 5.69 Å². The summed E-state index contributed by atoms with van der Waals surface area (Å²) >= 11 is 6.87. The smallest absolute Gasteiger partial charge is 0.325 e. The summed E-state index contributed by atoms with van der Waals surface area (Å²) in [6, 6.07) is 3.96. The van der Waals surface area contributed by atoms with E-state index in [4.69, 9.17) is 11.6 Å². The van der Waals surface area contributed by atoms with Crippen molar-refractivity contribution in [1.29, 1.82) is 0 Å². The largest absolute Gasteiger partial charge is 0.343 e. The zero-order chi connectivity index (χ0) is 17.7. The Hall–Kier alpha value is -1.80. The van der Waals surface area contributed by atoms with Crippen LogP contribution in [-0.4, -0.2) is 25.9 Å². The lowest BCUT2D eigenvalue weighted by atomic mass is 10.3. The molecule has 130 valence electrons. The van der Waals surface area contributed by atoms with Crippen molar-refractivity contribution in [3.05, 3.63) is 39.5 Å². The fourth-order valence-electron chi connectivity index (χ4n) is 1.94. The summed E-state index contributed by atoms with van der Waals surface area (Å²) in [7, 11) is 0. The number of rotatable bonds is 7. The van der Waals surface area contributed by atoms with Gasteiger partial charge in [0.2, 0.25) is 5.91 Å². The summed E-state index contributed by atoms with van der Waals surface area (Å²) in [4.78, 5) is 24.0. The molecule has 6 nitrogen and oxygen atoms in total.